The average Bonchev–Trinajstić information content (AvgIpc) is 3.44. The van der Waals surface area contributed by atoms with Gasteiger partial charge in [-0.1, -0.05) is 23.5 Å². The van der Waals surface area contributed by atoms with Crippen LogP contribution >= 0.6 is 11.3 Å². The van der Waals surface area contributed by atoms with Crippen molar-refractivity contribution < 1.29 is 4.79 Å². The maximum Gasteiger partial charge on any atom is 0.332 e. The van der Waals surface area contributed by atoms with Gasteiger partial charge in [-0.05, 0) is 36.8 Å². The number of aromatic nitrogens is 6. The van der Waals surface area contributed by atoms with Crippen molar-refractivity contribution >= 4 is 43.8 Å². The Bertz CT molecular complexity index is 1660. The smallest absolute Gasteiger partial charge is 0.315 e. The molecule has 5 rings (SSSR count). The Kier molecular flexibility index (Phi) is 5.33. The third-order valence-corrected chi connectivity index (χ3v) is 6.67. The summed E-state index contributed by atoms with van der Waals surface area (Å²) < 4.78 is 4.75. The van der Waals surface area contributed by atoms with Crippen LogP contribution in [-0.2, 0) is 32.0 Å². The molecule has 172 valence electrons. The molecule has 0 saturated carbocycles. The number of anilines is 1. The van der Waals surface area contributed by atoms with E-state index in [0.29, 0.717) is 10.8 Å². The van der Waals surface area contributed by atoms with Gasteiger partial charge in [0.2, 0.25) is 5.91 Å². The molecule has 0 fully saturated rings. The number of amides is 1. The number of rotatable bonds is 5. The molecule has 4 aromatic heterocycles. The number of thiazole rings is 1. The maximum atomic E-state index is 13.6. The summed E-state index contributed by atoms with van der Waals surface area (Å²) in [6, 6.07) is 11.5. The Balaban J connectivity index is 1.57. The lowest BCUT2D eigenvalue weighted by Gasteiger charge is -2.20. The highest BCUT2D eigenvalue weighted by molar-refractivity contribution is 7.22. The molecule has 34 heavy (non-hydrogen) atoms. The van der Waals surface area contributed by atoms with Gasteiger partial charge < -0.3 is 4.57 Å². The summed E-state index contributed by atoms with van der Waals surface area (Å²) >= 11 is 1.42. The first-order valence-corrected chi connectivity index (χ1v) is 11.3. The van der Waals surface area contributed by atoms with Gasteiger partial charge in [0.1, 0.15) is 6.54 Å². The number of carbonyl (C=O) groups excluding carboxylic acids is 1. The predicted octanol–water partition coefficient (Wildman–Crippen LogP) is 1.98. The summed E-state index contributed by atoms with van der Waals surface area (Å²) in [5.74, 6) is -0.281. The van der Waals surface area contributed by atoms with E-state index in [9.17, 15) is 14.4 Å². The second-order valence-corrected chi connectivity index (χ2v) is 9.03. The van der Waals surface area contributed by atoms with Crippen molar-refractivity contribution in [1.29, 1.82) is 0 Å². The molecule has 11 heteroatoms. The summed E-state index contributed by atoms with van der Waals surface area (Å²) in [7, 11) is 2.94. The molecule has 0 unspecified atom stereocenters. The van der Waals surface area contributed by atoms with E-state index in [1.807, 2.05) is 43.3 Å². The van der Waals surface area contributed by atoms with Crippen molar-refractivity contribution in [3.8, 4) is 0 Å². The summed E-state index contributed by atoms with van der Waals surface area (Å²) in [4.78, 5) is 53.4. The fraction of sp³-hybridized carbons (Fsp3) is 0.217. The van der Waals surface area contributed by atoms with Gasteiger partial charge in [-0.25, -0.2) is 14.8 Å². The molecule has 0 aliphatic heterocycles. The van der Waals surface area contributed by atoms with Gasteiger partial charge in [0.05, 0.1) is 28.8 Å². The van der Waals surface area contributed by atoms with E-state index in [1.54, 1.807) is 18.1 Å². The highest BCUT2D eigenvalue weighted by Gasteiger charge is 2.23. The van der Waals surface area contributed by atoms with Crippen LogP contribution in [0.2, 0.25) is 0 Å². The molecular weight excluding hydrogens is 454 g/mol. The van der Waals surface area contributed by atoms with Crippen LogP contribution < -0.4 is 16.1 Å². The number of pyridine rings is 1. The average molecular weight is 476 g/mol. The van der Waals surface area contributed by atoms with Gasteiger partial charge in [-0.2, -0.15) is 0 Å². The Labute approximate surface area is 197 Å². The molecule has 0 N–H and O–H groups in total. The minimum atomic E-state index is -0.505. The van der Waals surface area contributed by atoms with Crippen LogP contribution in [0.1, 0.15) is 11.3 Å². The van der Waals surface area contributed by atoms with Crippen molar-refractivity contribution in [2.45, 2.75) is 20.0 Å². The van der Waals surface area contributed by atoms with E-state index in [4.69, 9.17) is 0 Å². The first-order chi connectivity index (χ1) is 16.3. The van der Waals surface area contributed by atoms with Crippen LogP contribution in [-0.4, -0.2) is 34.6 Å². The van der Waals surface area contributed by atoms with Crippen LogP contribution in [0.3, 0.4) is 0 Å². The second-order valence-electron chi connectivity index (χ2n) is 8.02. The summed E-state index contributed by atoms with van der Waals surface area (Å²) in [5, 5.41) is 0.543. The normalized spacial score (nSPS) is 11.4. The molecule has 1 amide bonds. The van der Waals surface area contributed by atoms with Gasteiger partial charge >= 0.3 is 5.69 Å². The van der Waals surface area contributed by atoms with Crippen LogP contribution in [0, 0.1) is 6.92 Å². The van der Waals surface area contributed by atoms with E-state index >= 15 is 0 Å². The Morgan fingerprint density at radius 3 is 2.68 bits per heavy atom. The first kappa shape index (κ1) is 21.7. The topological polar surface area (TPSA) is 108 Å². The number of imidazole rings is 1. The fourth-order valence-corrected chi connectivity index (χ4v) is 4.88. The van der Waals surface area contributed by atoms with Crippen molar-refractivity contribution in [3.63, 3.8) is 0 Å². The summed E-state index contributed by atoms with van der Waals surface area (Å²) in [5.41, 5.74) is 2.06. The van der Waals surface area contributed by atoms with Gasteiger partial charge in [-0.3, -0.25) is 28.6 Å². The van der Waals surface area contributed by atoms with E-state index < -0.39 is 11.2 Å². The first-order valence-electron chi connectivity index (χ1n) is 10.5. The zero-order valence-electron chi connectivity index (χ0n) is 18.8. The molecule has 5 aromatic rings. The minimum Gasteiger partial charge on any atom is -0.315 e. The Morgan fingerprint density at radius 2 is 1.91 bits per heavy atom. The maximum absolute atomic E-state index is 13.6. The minimum absolute atomic E-state index is 0.147. The molecule has 0 bridgehead atoms. The zero-order chi connectivity index (χ0) is 24.0. The van der Waals surface area contributed by atoms with Crippen LogP contribution in [0.15, 0.2) is 58.5 Å². The van der Waals surface area contributed by atoms with E-state index in [-0.39, 0.29) is 30.2 Å². The van der Waals surface area contributed by atoms with Crippen LogP contribution in [0.4, 0.5) is 5.13 Å². The van der Waals surface area contributed by atoms with E-state index in [1.165, 1.54) is 33.8 Å². The molecule has 4 heterocycles. The number of fused-ring (bicyclic) bond motifs is 2. The highest BCUT2D eigenvalue weighted by atomic mass is 32.1. The molecule has 0 spiro atoms. The van der Waals surface area contributed by atoms with Gasteiger partial charge in [0.15, 0.2) is 16.3 Å². The van der Waals surface area contributed by atoms with Gasteiger partial charge in [-0.15, -0.1) is 0 Å². The molecule has 0 aliphatic carbocycles. The SMILES string of the molecule is Cc1ccc2nc(N(Cc3ccccn3)C(=O)Cn3cnc4c3c(=O)n(C)c(=O)n4C)sc2c1. The number of benzene rings is 1. The monoisotopic (exact) mass is 475 g/mol. The number of carbonyl (C=O) groups is 1. The van der Waals surface area contributed by atoms with Gasteiger partial charge in [0.25, 0.3) is 5.56 Å². The number of aryl methyl sites for hydroxylation is 2. The lowest BCUT2D eigenvalue weighted by molar-refractivity contribution is -0.119. The van der Waals surface area contributed by atoms with Crippen molar-refractivity contribution in [2.24, 2.45) is 14.1 Å². The molecule has 0 aliphatic rings. The molecule has 0 atom stereocenters. The fourth-order valence-electron chi connectivity index (χ4n) is 3.80. The van der Waals surface area contributed by atoms with Crippen LogP contribution in [0.25, 0.3) is 21.4 Å². The van der Waals surface area contributed by atoms with Gasteiger partial charge in [0, 0.05) is 20.3 Å². The molecule has 0 saturated heterocycles. The molecule has 10 nitrogen and oxygen atoms in total. The molecular formula is C23H21N7O3S. The Hall–Kier alpha value is -4.12. The van der Waals surface area contributed by atoms with Crippen LogP contribution in [0.5, 0.6) is 0 Å². The van der Waals surface area contributed by atoms with E-state index in [2.05, 4.69) is 15.0 Å². The summed E-state index contributed by atoms with van der Waals surface area (Å²) in [6.45, 7) is 2.08. The largest absolute Gasteiger partial charge is 0.332 e. The molecule has 1 aromatic carbocycles. The number of nitrogens with zero attached hydrogens (tertiary/aromatic N) is 7. The standard InChI is InChI=1S/C23H21N7O3S/c1-14-7-8-16-17(10-14)34-22(26-16)30(11-15-6-4-5-9-24-15)18(31)12-29-13-25-20-19(29)21(32)28(3)23(33)27(20)2/h4-10,13H,11-12H2,1-3H3. The van der Waals surface area contributed by atoms with Crippen molar-refractivity contribution in [3.05, 3.63) is 81.0 Å². The third kappa shape index (κ3) is 3.69. The summed E-state index contributed by atoms with van der Waals surface area (Å²) in [6.07, 6.45) is 3.08. The van der Waals surface area contributed by atoms with Crippen molar-refractivity contribution in [1.82, 2.24) is 28.7 Å². The lowest BCUT2D eigenvalue weighted by Crippen LogP contribution is -2.38. The van der Waals surface area contributed by atoms with Crippen molar-refractivity contribution in [2.75, 3.05) is 4.90 Å². The van der Waals surface area contributed by atoms with E-state index in [0.717, 1.165) is 20.3 Å². The highest BCUT2D eigenvalue weighted by Crippen LogP contribution is 2.30. The number of hydrogen-bond acceptors (Lipinski definition) is 7. The third-order valence-electron chi connectivity index (χ3n) is 5.63. The zero-order valence-corrected chi connectivity index (χ0v) is 19.6. The number of hydrogen-bond donors (Lipinski definition) is 0. The second kappa shape index (κ2) is 8.34. The molecule has 0 radical (unpaired) electrons. The Morgan fingerprint density at radius 1 is 1.09 bits per heavy atom. The predicted molar refractivity (Wildman–Crippen MR) is 130 cm³/mol. The lowest BCUT2D eigenvalue weighted by atomic mass is 10.2. The quantitative estimate of drug-likeness (QED) is 0.385.